The van der Waals surface area contributed by atoms with Gasteiger partial charge in [-0.3, -0.25) is 9.48 Å². The van der Waals surface area contributed by atoms with Crippen molar-refractivity contribution in [2.24, 2.45) is 7.05 Å². The number of aryl methyl sites for hydroxylation is 2. The van der Waals surface area contributed by atoms with Crippen molar-refractivity contribution in [3.05, 3.63) is 29.1 Å². The van der Waals surface area contributed by atoms with Crippen LogP contribution in [0.2, 0.25) is 0 Å². The van der Waals surface area contributed by atoms with Crippen molar-refractivity contribution in [2.45, 2.75) is 39.5 Å². The number of rotatable bonds is 8. The first-order valence-electron chi connectivity index (χ1n) is 7.58. The lowest BCUT2D eigenvalue weighted by Gasteiger charge is -2.06. The molecule has 0 saturated heterocycles. The number of carbonyl (C=O) groups is 2. The molecule has 1 aromatic heterocycles. The Hall–Kier alpha value is -2.11. The Kier molecular flexibility index (Phi) is 7.36. The molecule has 122 valence electrons. The van der Waals surface area contributed by atoms with Crippen molar-refractivity contribution in [3.8, 4) is 0 Å². The van der Waals surface area contributed by atoms with Gasteiger partial charge >= 0.3 is 5.97 Å². The fourth-order valence-corrected chi connectivity index (χ4v) is 2.36. The zero-order valence-corrected chi connectivity index (χ0v) is 13.8. The Bertz CT molecular complexity index is 547. The highest BCUT2D eigenvalue weighted by Gasteiger charge is 2.16. The van der Waals surface area contributed by atoms with Crippen LogP contribution in [0.15, 0.2) is 12.2 Å². The van der Waals surface area contributed by atoms with Crippen LogP contribution in [0, 0.1) is 0 Å². The third kappa shape index (κ3) is 5.02. The predicted molar refractivity (Wildman–Crippen MR) is 84.5 cm³/mol. The average molecular weight is 307 g/mol. The minimum absolute atomic E-state index is 0.0242. The third-order valence-corrected chi connectivity index (χ3v) is 3.45. The molecule has 0 unspecified atom stereocenters. The van der Waals surface area contributed by atoms with Crippen LogP contribution in [0.25, 0.3) is 0 Å². The van der Waals surface area contributed by atoms with Crippen molar-refractivity contribution in [1.29, 1.82) is 0 Å². The maximum absolute atomic E-state index is 12.0. The number of nitrogens with one attached hydrogen (secondary N) is 1. The maximum Gasteiger partial charge on any atom is 0.330 e. The summed E-state index contributed by atoms with van der Waals surface area (Å²) in [4.78, 5) is 22.9. The second-order valence-corrected chi connectivity index (χ2v) is 4.94. The number of amides is 1. The predicted octanol–water partition coefficient (Wildman–Crippen LogP) is 1.32. The molecule has 22 heavy (non-hydrogen) atoms. The molecular formula is C16H25N3O3. The highest BCUT2D eigenvalue weighted by Crippen LogP contribution is 2.16. The van der Waals surface area contributed by atoms with Gasteiger partial charge < -0.3 is 10.1 Å². The Balaban J connectivity index is 2.52. The van der Waals surface area contributed by atoms with Crippen LogP contribution in [0.5, 0.6) is 0 Å². The molecule has 0 bridgehead atoms. The fraction of sp³-hybridized carbons (Fsp3) is 0.562. The highest BCUT2D eigenvalue weighted by molar-refractivity contribution is 5.81. The van der Waals surface area contributed by atoms with E-state index in [1.165, 1.54) is 13.2 Å². The molecule has 1 N–H and O–H groups in total. The van der Waals surface area contributed by atoms with Crippen LogP contribution < -0.4 is 5.32 Å². The molecule has 1 heterocycles. The van der Waals surface area contributed by atoms with E-state index in [9.17, 15) is 9.59 Å². The number of aromatic nitrogens is 2. The molecule has 0 aliphatic rings. The van der Waals surface area contributed by atoms with Gasteiger partial charge in [-0.15, -0.1) is 0 Å². The van der Waals surface area contributed by atoms with Crippen molar-refractivity contribution < 1.29 is 14.3 Å². The molecule has 0 aliphatic carbocycles. The number of esters is 1. The maximum atomic E-state index is 12.0. The Morgan fingerprint density at radius 1 is 1.32 bits per heavy atom. The second kappa shape index (κ2) is 9.02. The first kappa shape index (κ1) is 17.9. The van der Waals surface area contributed by atoms with Gasteiger partial charge in [0.2, 0.25) is 5.91 Å². The molecule has 0 radical (unpaired) electrons. The van der Waals surface area contributed by atoms with E-state index in [0.29, 0.717) is 19.4 Å². The third-order valence-electron chi connectivity index (χ3n) is 3.45. The van der Waals surface area contributed by atoms with E-state index in [4.69, 9.17) is 0 Å². The average Bonchev–Trinajstić information content (AvgIpc) is 2.81. The molecule has 0 aromatic carbocycles. The van der Waals surface area contributed by atoms with E-state index in [0.717, 1.165) is 29.8 Å². The van der Waals surface area contributed by atoms with E-state index in [1.54, 1.807) is 6.08 Å². The van der Waals surface area contributed by atoms with Gasteiger partial charge in [0.15, 0.2) is 0 Å². The van der Waals surface area contributed by atoms with Crippen LogP contribution >= 0.6 is 0 Å². The van der Waals surface area contributed by atoms with Gasteiger partial charge in [-0.1, -0.05) is 19.9 Å². The lowest BCUT2D eigenvalue weighted by molar-refractivity contribution is -0.134. The Labute approximate surface area is 131 Å². The molecule has 0 atom stereocenters. The quantitative estimate of drug-likeness (QED) is 0.447. The van der Waals surface area contributed by atoms with Gasteiger partial charge in [-0.05, 0) is 19.3 Å². The summed E-state index contributed by atoms with van der Waals surface area (Å²) in [7, 11) is 3.25. The topological polar surface area (TPSA) is 73.2 Å². The van der Waals surface area contributed by atoms with E-state index in [-0.39, 0.29) is 11.9 Å². The fourth-order valence-electron chi connectivity index (χ4n) is 2.36. The summed E-state index contributed by atoms with van der Waals surface area (Å²) in [5.41, 5.74) is 3.13. The summed E-state index contributed by atoms with van der Waals surface area (Å²) < 4.78 is 6.35. The highest BCUT2D eigenvalue weighted by atomic mass is 16.5. The SMILES string of the molecule is CCc1nn(C)c(CC)c1CC(=O)NCC/C=C/C(=O)OC. The van der Waals surface area contributed by atoms with E-state index in [1.807, 2.05) is 18.7 Å². The largest absolute Gasteiger partial charge is 0.466 e. The number of nitrogens with zero attached hydrogens (tertiary/aromatic N) is 2. The van der Waals surface area contributed by atoms with Crippen molar-refractivity contribution in [3.63, 3.8) is 0 Å². The van der Waals surface area contributed by atoms with E-state index in [2.05, 4.69) is 22.1 Å². The summed E-state index contributed by atoms with van der Waals surface area (Å²) in [5, 5.41) is 7.32. The lowest BCUT2D eigenvalue weighted by atomic mass is 10.1. The number of hydrogen-bond donors (Lipinski definition) is 1. The normalized spacial score (nSPS) is 10.9. The van der Waals surface area contributed by atoms with E-state index >= 15 is 0 Å². The standard InChI is InChI=1S/C16H25N3O3/c1-5-13-12(14(6-2)19(3)18-13)11-15(20)17-10-8-7-9-16(21)22-4/h7,9H,5-6,8,10-11H2,1-4H3,(H,17,20)/b9-7+. The molecule has 0 spiro atoms. The smallest absolute Gasteiger partial charge is 0.330 e. The summed E-state index contributed by atoms with van der Waals surface area (Å²) in [5.74, 6) is -0.411. The monoisotopic (exact) mass is 307 g/mol. The first-order valence-corrected chi connectivity index (χ1v) is 7.58. The Morgan fingerprint density at radius 2 is 2.05 bits per heavy atom. The van der Waals surface area contributed by atoms with Gasteiger partial charge in [0, 0.05) is 30.9 Å². The summed E-state index contributed by atoms with van der Waals surface area (Å²) in [6, 6.07) is 0. The minimum atomic E-state index is -0.387. The summed E-state index contributed by atoms with van der Waals surface area (Å²) >= 11 is 0. The van der Waals surface area contributed by atoms with Crippen LogP contribution in [0.3, 0.4) is 0 Å². The van der Waals surface area contributed by atoms with Gasteiger partial charge in [0.05, 0.1) is 19.2 Å². The molecule has 0 aliphatic heterocycles. The van der Waals surface area contributed by atoms with E-state index < -0.39 is 0 Å². The van der Waals surface area contributed by atoms with Crippen LogP contribution in [-0.4, -0.2) is 35.3 Å². The Morgan fingerprint density at radius 3 is 2.64 bits per heavy atom. The molecule has 1 amide bonds. The zero-order valence-electron chi connectivity index (χ0n) is 13.8. The summed E-state index contributed by atoms with van der Waals surface area (Å²) in [6.45, 7) is 4.60. The number of ether oxygens (including phenoxy) is 1. The number of carbonyl (C=O) groups excluding carboxylic acids is 2. The molecule has 1 rings (SSSR count). The second-order valence-electron chi connectivity index (χ2n) is 4.94. The van der Waals surface area contributed by atoms with Crippen molar-refractivity contribution in [1.82, 2.24) is 15.1 Å². The first-order chi connectivity index (χ1) is 10.5. The molecule has 0 saturated carbocycles. The lowest BCUT2D eigenvalue weighted by Crippen LogP contribution is -2.26. The van der Waals surface area contributed by atoms with Crippen molar-refractivity contribution >= 4 is 11.9 Å². The van der Waals surface area contributed by atoms with Gasteiger partial charge in [0.1, 0.15) is 0 Å². The van der Waals surface area contributed by atoms with Crippen molar-refractivity contribution in [2.75, 3.05) is 13.7 Å². The molecule has 6 nitrogen and oxygen atoms in total. The van der Waals surface area contributed by atoms with Crippen LogP contribution in [0.1, 0.15) is 37.2 Å². The zero-order chi connectivity index (χ0) is 16.5. The molecule has 6 heteroatoms. The van der Waals surface area contributed by atoms with Crippen LogP contribution in [-0.2, 0) is 40.6 Å². The van der Waals surface area contributed by atoms with Gasteiger partial charge in [0.25, 0.3) is 0 Å². The molecule has 0 fully saturated rings. The number of hydrogen-bond acceptors (Lipinski definition) is 4. The van der Waals surface area contributed by atoms with Gasteiger partial charge in [-0.2, -0.15) is 5.10 Å². The van der Waals surface area contributed by atoms with Crippen LogP contribution in [0.4, 0.5) is 0 Å². The molecule has 1 aromatic rings. The number of methoxy groups -OCH3 is 1. The van der Waals surface area contributed by atoms with Gasteiger partial charge in [-0.25, -0.2) is 4.79 Å². The molecular weight excluding hydrogens is 282 g/mol. The minimum Gasteiger partial charge on any atom is -0.466 e. The summed E-state index contributed by atoms with van der Waals surface area (Å²) in [6.07, 6.45) is 5.66.